The van der Waals surface area contributed by atoms with E-state index in [-0.39, 0.29) is 0 Å². The van der Waals surface area contributed by atoms with Crippen LogP contribution in [0.15, 0.2) is 36.8 Å². The lowest BCUT2D eigenvalue weighted by atomic mass is 10.2. The summed E-state index contributed by atoms with van der Waals surface area (Å²) in [4.78, 5) is 13.7. The highest BCUT2D eigenvalue weighted by Crippen LogP contribution is 2.29. The zero-order valence-electron chi connectivity index (χ0n) is 14.1. The van der Waals surface area contributed by atoms with E-state index >= 15 is 0 Å². The first-order valence-corrected chi connectivity index (χ1v) is 8.42. The normalized spacial score (nSPS) is 14.3. The molecule has 0 fully saturated rings. The SMILES string of the molecule is Cn1cc(C(O)CNc2nc(-c3ccccn3)nc3c2CCC3)cn1. The highest BCUT2D eigenvalue weighted by Gasteiger charge is 2.21. The fourth-order valence-electron chi connectivity index (χ4n) is 3.11. The van der Waals surface area contributed by atoms with Crippen LogP contribution in [0.4, 0.5) is 5.82 Å². The number of aromatic nitrogens is 5. The summed E-state index contributed by atoms with van der Waals surface area (Å²) in [7, 11) is 1.83. The molecule has 0 amide bonds. The van der Waals surface area contributed by atoms with Gasteiger partial charge < -0.3 is 10.4 Å². The van der Waals surface area contributed by atoms with E-state index in [1.54, 1.807) is 17.1 Å². The van der Waals surface area contributed by atoms with Gasteiger partial charge in [0.05, 0.1) is 12.3 Å². The Morgan fingerprint density at radius 1 is 1.28 bits per heavy atom. The Kier molecular flexibility index (Phi) is 4.15. The molecule has 3 heterocycles. The molecule has 25 heavy (non-hydrogen) atoms. The van der Waals surface area contributed by atoms with E-state index in [9.17, 15) is 5.11 Å². The van der Waals surface area contributed by atoms with Crippen LogP contribution < -0.4 is 5.32 Å². The second-order valence-electron chi connectivity index (χ2n) is 6.23. The van der Waals surface area contributed by atoms with Crippen LogP contribution in [0.2, 0.25) is 0 Å². The van der Waals surface area contributed by atoms with Crippen molar-refractivity contribution in [2.24, 2.45) is 7.05 Å². The van der Waals surface area contributed by atoms with Crippen molar-refractivity contribution in [3.63, 3.8) is 0 Å². The Morgan fingerprint density at radius 3 is 2.96 bits per heavy atom. The van der Waals surface area contributed by atoms with Gasteiger partial charge in [0.2, 0.25) is 0 Å². The molecule has 0 radical (unpaired) electrons. The van der Waals surface area contributed by atoms with E-state index < -0.39 is 6.10 Å². The van der Waals surface area contributed by atoms with Crippen LogP contribution in [0.5, 0.6) is 0 Å². The van der Waals surface area contributed by atoms with E-state index in [0.717, 1.165) is 47.6 Å². The zero-order valence-corrected chi connectivity index (χ0v) is 14.1. The lowest BCUT2D eigenvalue weighted by molar-refractivity contribution is 0.191. The van der Waals surface area contributed by atoms with Crippen LogP contribution in [0.1, 0.15) is 29.3 Å². The van der Waals surface area contributed by atoms with Crippen LogP contribution in [0.3, 0.4) is 0 Å². The first-order chi connectivity index (χ1) is 12.2. The average Bonchev–Trinajstić information content (AvgIpc) is 3.28. The topological polar surface area (TPSA) is 88.8 Å². The fraction of sp³-hybridized carbons (Fsp3) is 0.333. The number of aliphatic hydroxyl groups excluding tert-OH is 1. The molecule has 3 aromatic rings. The number of anilines is 1. The molecule has 3 aromatic heterocycles. The predicted molar refractivity (Wildman–Crippen MR) is 93.9 cm³/mol. The third kappa shape index (κ3) is 3.23. The lowest BCUT2D eigenvalue weighted by Gasteiger charge is -2.14. The average molecular weight is 336 g/mol. The smallest absolute Gasteiger partial charge is 0.180 e. The van der Waals surface area contributed by atoms with Crippen molar-refractivity contribution >= 4 is 5.82 Å². The van der Waals surface area contributed by atoms with E-state index in [4.69, 9.17) is 0 Å². The molecular formula is C18H20N6O. The number of nitrogens with zero attached hydrogens (tertiary/aromatic N) is 5. The number of hydrogen-bond donors (Lipinski definition) is 2. The molecule has 0 saturated heterocycles. The van der Waals surface area contributed by atoms with Gasteiger partial charge in [-0.05, 0) is 31.4 Å². The van der Waals surface area contributed by atoms with Gasteiger partial charge in [0.1, 0.15) is 11.5 Å². The fourth-order valence-corrected chi connectivity index (χ4v) is 3.11. The number of aryl methyl sites for hydroxylation is 2. The largest absolute Gasteiger partial charge is 0.386 e. The van der Waals surface area contributed by atoms with E-state index in [1.165, 1.54) is 0 Å². The number of nitrogens with one attached hydrogen (secondary N) is 1. The number of fused-ring (bicyclic) bond motifs is 1. The predicted octanol–water partition coefficient (Wildman–Crippen LogP) is 1.91. The summed E-state index contributed by atoms with van der Waals surface area (Å²) >= 11 is 0. The molecule has 1 aliphatic rings. The van der Waals surface area contributed by atoms with Gasteiger partial charge >= 0.3 is 0 Å². The summed E-state index contributed by atoms with van der Waals surface area (Å²) in [6.07, 6.45) is 7.59. The summed E-state index contributed by atoms with van der Waals surface area (Å²) in [5, 5.41) is 17.8. The van der Waals surface area contributed by atoms with E-state index in [0.29, 0.717) is 12.4 Å². The van der Waals surface area contributed by atoms with Gasteiger partial charge in [-0.2, -0.15) is 5.10 Å². The van der Waals surface area contributed by atoms with Crippen LogP contribution in [0.25, 0.3) is 11.5 Å². The number of rotatable bonds is 5. The zero-order chi connectivity index (χ0) is 17.2. The van der Waals surface area contributed by atoms with Crippen LogP contribution in [-0.4, -0.2) is 36.4 Å². The van der Waals surface area contributed by atoms with Crippen LogP contribution in [0, 0.1) is 0 Å². The van der Waals surface area contributed by atoms with Gasteiger partial charge in [-0.15, -0.1) is 0 Å². The molecule has 1 unspecified atom stereocenters. The summed E-state index contributed by atoms with van der Waals surface area (Å²) in [6, 6.07) is 5.71. The molecule has 0 aliphatic heterocycles. The van der Waals surface area contributed by atoms with Crippen molar-refractivity contribution in [3.8, 4) is 11.5 Å². The van der Waals surface area contributed by atoms with Crippen molar-refractivity contribution in [3.05, 3.63) is 53.6 Å². The number of pyridine rings is 1. The summed E-state index contributed by atoms with van der Waals surface area (Å²) < 4.78 is 1.68. The molecule has 0 bridgehead atoms. The summed E-state index contributed by atoms with van der Waals surface area (Å²) in [5.74, 6) is 1.42. The highest BCUT2D eigenvalue weighted by molar-refractivity contribution is 5.57. The van der Waals surface area contributed by atoms with Crippen molar-refractivity contribution < 1.29 is 5.11 Å². The molecule has 7 heteroatoms. The van der Waals surface area contributed by atoms with Crippen LogP contribution in [-0.2, 0) is 19.9 Å². The van der Waals surface area contributed by atoms with E-state index in [2.05, 4.69) is 25.4 Å². The Morgan fingerprint density at radius 2 is 2.20 bits per heavy atom. The number of hydrogen-bond acceptors (Lipinski definition) is 6. The maximum absolute atomic E-state index is 10.4. The van der Waals surface area contributed by atoms with Gasteiger partial charge in [0.25, 0.3) is 0 Å². The lowest BCUT2D eigenvalue weighted by Crippen LogP contribution is -2.15. The monoisotopic (exact) mass is 336 g/mol. The second kappa shape index (κ2) is 6.60. The van der Waals surface area contributed by atoms with Crippen molar-refractivity contribution in [2.45, 2.75) is 25.4 Å². The Labute approximate surface area is 145 Å². The third-order valence-electron chi connectivity index (χ3n) is 4.40. The third-order valence-corrected chi connectivity index (χ3v) is 4.40. The molecule has 0 aromatic carbocycles. The van der Waals surface area contributed by atoms with Gasteiger partial charge in [0.15, 0.2) is 5.82 Å². The molecule has 128 valence electrons. The minimum Gasteiger partial charge on any atom is -0.386 e. The quantitative estimate of drug-likeness (QED) is 0.740. The van der Waals surface area contributed by atoms with Gasteiger partial charge in [-0.25, -0.2) is 9.97 Å². The van der Waals surface area contributed by atoms with E-state index in [1.807, 2.05) is 31.4 Å². The summed E-state index contributed by atoms with van der Waals surface area (Å²) in [5.41, 5.74) is 3.77. The molecule has 0 spiro atoms. The van der Waals surface area contributed by atoms with Crippen LogP contribution >= 0.6 is 0 Å². The molecule has 4 rings (SSSR count). The van der Waals surface area contributed by atoms with Gasteiger partial charge in [-0.1, -0.05) is 6.07 Å². The first kappa shape index (κ1) is 15.7. The second-order valence-corrected chi connectivity index (χ2v) is 6.23. The minimum absolute atomic E-state index is 0.372. The molecule has 7 nitrogen and oxygen atoms in total. The molecule has 0 saturated carbocycles. The minimum atomic E-state index is -0.640. The molecular weight excluding hydrogens is 316 g/mol. The maximum Gasteiger partial charge on any atom is 0.180 e. The number of aliphatic hydroxyl groups is 1. The van der Waals surface area contributed by atoms with Crippen molar-refractivity contribution in [1.82, 2.24) is 24.7 Å². The van der Waals surface area contributed by atoms with Gasteiger partial charge in [0, 0.05) is 42.8 Å². The Hall–Kier alpha value is -2.80. The maximum atomic E-state index is 10.4. The Balaban J connectivity index is 1.59. The molecule has 2 N–H and O–H groups in total. The van der Waals surface area contributed by atoms with Crippen molar-refractivity contribution in [1.29, 1.82) is 0 Å². The van der Waals surface area contributed by atoms with Crippen molar-refractivity contribution in [2.75, 3.05) is 11.9 Å². The standard InChI is InChI=1S/C18H20N6O/c1-24-11-12(9-21-24)16(25)10-20-17-13-5-4-7-14(13)22-18(23-17)15-6-2-3-8-19-15/h2-3,6,8-9,11,16,25H,4-5,7,10H2,1H3,(H,20,22,23). The van der Waals surface area contributed by atoms with Gasteiger partial charge in [-0.3, -0.25) is 9.67 Å². The molecule has 1 aliphatic carbocycles. The Bertz CT molecular complexity index is 877. The first-order valence-electron chi connectivity index (χ1n) is 8.42. The molecule has 1 atom stereocenters. The highest BCUT2D eigenvalue weighted by atomic mass is 16.3. The summed E-state index contributed by atoms with van der Waals surface area (Å²) in [6.45, 7) is 0.372.